The number of hydrogen-bond acceptors (Lipinski definition) is 1. The molecule has 0 spiro atoms. The lowest BCUT2D eigenvalue weighted by molar-refractivity contribution is 0.127. The molecule has 0 aliphatic heterocycles. The Morgan fingerprint density at radius 1 is 1.38 bits per heavy atom. The van der Waals surface area contributed by atoms with E-state index in [1.807, 2.05) is 24.3 Å². The Hall–Kier alpha value is -0.980. The zero-order valence-corrected chi connectivity index (χ0v) is 10.4. The third-order valence-corrected chi connectivity index (χ3v) is 2.80. The molecule has 0 atom stereocenters. The van der Waals surface area contributed by atoms with Gasteiger partial charge in [-0.25, -0.2) is 13.8 Å². The highest BCUT2D eigenvalue weighted by Crippen LogP contribution is 2.20. The number of imidazole rings is 1. The Kier molecular flexibility index (Phi) is 3.52. The topological polar surface area (TPSA) is 17.8 Å². The molecule has 0 radical (unpaired) electrons. The molecular formula is C11H9F2IN2. The first-order valence-corrected chi connectivity index (χ1v) is 5.80. The fourth-order valence-corrected chi connectivity index (χ4v) is 2.04. The molecule has 0 aliphatic rings. The lowest BCUT2D eigenvalue weighted by Crippen LogP contribution is -2.07. The van der Waals surface area contributed by atoms with Crippen molar-refractivity contribution in [1.82, 2.24) is 9.55 Å². The molecule has 0 aliphatic carbocycles. The van der Waals surface area contributed by atoms with E-state index in [1.165, 1.54) is 10.8 Å². The van der Waals surface area contributed by atoms with Crippen molar-refractivity contribution in [2.75, 3.05) is 0 Å². The average Bonchev–Trinajstić information content (AvgIpc) is 2.65. The van der Waals surface area contributed by atoms with Crippen LogP contribution < -0.4 is 0 Å². The summed E-state index contributed by atoms with van der Waals surface area (Å²) in [5.41, 5.74) is 0.859. The number of halogens is 3. The molecule has 1 aromatic heterocycles. The first-order valence-electron chi connectivity index (χ1n) is 4.72. The summed E-state index contributed by atoms with van der Waals surface area (Å²) in [4.78, 5) is 4.11. The van der Waals surface area contributed by atoms with Crippen LogP contribution in [-0.4, -0.2) is 16.0 Å². The fourth-order valence-electron chi connectivity index (χ4n) is 1.49. The van der Waals surface area contributed by atoms with Gasteiger partial charge in [-0.2, -0.15) is 0 Å². The van der Waals surface area contributed by atoms with Crippen LogP contribution in [-0.2, 0) is 6.54 Å². The highest BCUT2D eigenvalue weighted by Gasteiger charge is 2.10. The summed E-state index contributed by atoms with van der Waals surface area (Å²) in [7, 11) is 0. The summed E-state index contributed by atoms with van der Waals surface area (Å²) in [5, 5.41) is 0. The maximum atomic E-state index is 12.3. The van der Waals surface area contributed by atoms with Gasteiger partial charge in [0.2, 0.25) is 0 Å². The average molecular weight is 334 g/mol. The molecule has 0 unspecified atom stereocenters. The second-order valence-electron chi connectivity index (χ2n) is 3.30. The van der Waals surface area contributed by atoms with E-state index in [4.69, 9.17) is 0 Å². The van der Waals surface area contributed by atoms with Crippen LogP contribution in [0, 0.1) is 3.57 Å². The zero-order chi connectivity index (χ0) is 11.5. The van der Waals surface area contributed by atoms with Crippen LogP contribution in [0.25, 0.3) is 11.4 Å². The third-order valence-electron chi connectivity index (χ3n) is 2.13. The second kappa shape index (κ2) is 4.90. The Bertz CT molecular complexity index is 482. The monoisotopic (exact) mass is 334 g/mol. The van der Waals surface area contributed by atoms with Crippen LogP contribution >= 0.6 is 22.6 Å². The van der Waals surface area contributed by atoms with Gasteiger partial charge in [0.15, 0.2) is 0 Å². The molecular weight excluding hydrogens is 325 g/mol. The van der Waals surface area contributed by atoms with Crippen molar-refractivity contribution in [3.63, 3.8) is 0 Å². The smallest absolute Gasteiger partial charge is 0.256 e. The highest BCUT2D eigenvalue weighted by molar-refractivity contribution is 14.1. The van der Waals surface area contributed by atoms with E-state index in [0.717, 1.165) is 9.13 Å². The van der Waals surface area contributed by atoms with E-state index in [2.05, 4.69) is 27.6 Å². The SMILES string of the molecule is FC(F)Cn1ccnc1-c1cccc(I)c1. The number of alkyl halides is 2. The number of benzene rings is 1. The molecule has 2 nitrogen and oxygen atoms in total. The van der Waals surface area contributed by atoms with Gasteiger partial charge in [0.05, 0.1) is 6.54 Å². The zero-order valence-electron chi connectivity index (χ0n) is 8.28. The summed E-state index contributed by atoms with van der Waals surface area (Å²) in [6.07, 6.45) is 0.745. The van der Waals surface area contributed by atoms with Gasteiger partial charge < -0.3 is 4.57 Å². The number of aromatic nitrogens is 2. The van der Waals surface area contributed by atoms with Crippen molar-refractivity contribution in [1.29, 1.82) is 0 Å². The summed E-state index contributed by atoms with van der Waals surface area (Å²) < 4.78 is 27.2. The molecule has 0 bridgehead atoms. The molecule has 0 saturated heterocycles. The Morgan fingerprint density at radius 2 is 2.19 bits per heavy atom. The maximum absolute atomic E-state index is 12.3. The van der Waals surface area contributed by atoms with Crippen LogP contribution in [0.3, 0.4) is 0 Å². The van der Waals surface area contributed by atoms with Gasteiger partial charge in [-0.05, 0) is 34.7 Å². The summed E-state index contributed by atoms with van der Waals surface area (Å²) in [6.45, 7) is -0.319. The van der Waals surface area contributed by atoms with Gasteiger partial charge in [-0.15, -0.1) is 0 Å². The standard InChI is InChI=1S/C11H9F2IN2/c12-10(13)7-16-5-4-15-11(16)8-2-1-3-9(14)6-8/h1-6,10H,7H2. The molecule has 2 rings (SSSR count). The normalized spacial score (nSPS) is 11.0. The van der Waals surface area contributed by atoms with Crippen LogP contribution in [0.1, 0.15) is 0 Å². The van der Waals surface area contributed by atoms with E-state index in [9.17, 15) is 8.78 Å². The predicted octanol–water partition coefficient (Wildman–Crippen LogP) is 3.42. The third kappa shape index (κ3) is 2.58. The number of rotatable bonds is 3. The second-order valence-corrected chi connectivity index (χ2v) is 4.55. The van der Waals surface area contributed by atoms with Crippen LogP contribution in [0.5, 0.6) is 0 Å². The summed E-state index contributed by atoms with van der Waals surface area (Å²) >= 11 is 2.18. The molecule has 0 saturated carbocycles. The molecule has 0 fully saturated rings. The number of hydrogen-bond donors (Lipinski definition) is 0. The fraction of sp³-hybridized carbons (Fsp3) is 0.182. The Labute approximate surface area is 105 Å². The molecule has 1 heterocycles. The van der Waals surface area contributed by atoms with E-state index in [-0.39, 0.29) is 6.54 Å². The van der Waals surface area contributed by atoms with Crippen LogP contribution in [0.15, 0.2) is 36.7 Å². The molecule has 1 aromatic carbocycles. The molecule has 0 amide bonds. The van der Waals surface area contributed by atoms with Crippen molar-refractivity contribution < 1.29 is 8.78 Å². The Morgan fingerprint density at radius 3 is 2.88 bits per heavy atom. The first kappa shape index (κ1) is 11.5. The summed E-state index contributed by atoms with van der Waals surface area (Å²) in [6, 6.07) is 7.63. The lowest BCUT2D eigenvalue weighted by atomic mass is 10.2. The van der Waals surface area contributed by atoms with Gasteiger partial charge in [0.25, 0.3) is 6.43 Å². The highest BCUT2D eigenvalue weighted by atomic mass is 127. The van der Waals surface area contributed by atoms with Crippen molar-refractivity contribution in [2.24, 2.45) is 0 Å². The first-order chi connectivity index (χ1) is 7.66. The van der Waals surface area contributed by atoms with E-state index in [0.29, 0.717) is 5.82 Å². The maximum Gasteiger partial charge on any atom is 0.256 e. The predicted molar refractivity (Wildman–Crippen MR) is 66.4 cm³/mol. The van der Waals surface area contributed by atoms with Crippen LogP contribution in [0.2, 0.25) is 0 Å². The van der Waals surface area contributed by atoms with Gasteiger partial charge in [-0.1, -0.05) is 12.1 Å². The van der Waals surface area contributed by atoms with Gasteiger partial charge in [0, 0.05) is 21.5 Å². The van der Waals surface area contributed by atoms with Crippen molar-refractivity contribution in [3.05, 3.63) is 40.2 Å². The van der Waals surface area contributed by atoms with E-state index in [1.54, 1.807) is 6.20 Å². The minimum absolute atomic E-state index is 0.319. The van der Waals surface area contributed by atoms with Crippen LogP contribution in [0.4, 0.5) is 8.78 Å². The molecule has 84 valence electrons. The minimum Gasteiger partial charge on any atom is -0.325 e. The largest absolute Gasteiger partial charge is 0.325 e. The molecule has 16 heavy (non-hydrogen) atoms. The lowest BCUT2D eigenvalue weighted by Gasteiger charge is -2.07. The molecule has 5 heteroatoms. The minimum atomic E-state index is -2.37. The van der Waals surface area contributed by atoms with Gasteiger partial charge in [-0.3, -0.25) is 0 Å². The van der Waals surface area contributed by atoms with Crippen molar-refractivity contribution in [3.8, 4) is 11.4 Å². The Balaban J connectivity index is 2.37. The summed E-state index contributed by atoms with van der Waals surface area (Å²) in [5.74, 6) is 0.582. The van der Waals surface area contributed by atoms with E-state index >= 15 is 0 Å². The van der Waals surface area contributed by atoms with Gasteiger partial charge in [0.1, 0.15) is 5.82 Å². The van der Waals surface area contributed by atoms with Crippen molar-refractivity contribution >= 4 is 22.6 Å². The molecule has 2 aromatic rings. The quantitative estimate of drug-likeness (QED) is 0.787. The van der Waals surface area contributed by atoms with Gasteiger partial charge >= 0.3 is 0 Å². The number of nitrogens with zero attached hydrogens (tertiary/aromatic N) is 2. The molecule has 0 N–H and O–H groups in total. The van der Waals surface area contributed by atoms with E-state index < -0.39 is 6.43 Å². The van der Waals surface area contributed by atoms with Crippen molar-refractivity contribution in [2.45, 2.75) is 13.0 Å².